The van der Waals surface area contributed by atoms with E-state index >= 15 is 0 Å². The molecule has 1 atom stereocenters. The lowest BCUT2D eigenvalue weighted by molar-refractivity contribution is -0.115. The zero-order chi connectivity index (χ0) is 16.6. The predicted octanol–water partition coefficient (Wildman–Crippen LogP) is 0.829. The minimum atomic E-state index is -0.522. The lowest BCUT2D eigenvalue weighted by Gasteiger charge is -2.56. The normalized spacial score (nSPS) is 21.9. The van der Waals surface area contributed by atoms with Crippen LogP contribution in [-0.2, 0) is 4.74 Å². The van der Waals surface area contributed by atoms with Crippen molar-refractivity contribution in [3.05, 3.63) is 23.5 Å². The highest BCUT2D eigenvalue weighted by atomic mass is 16.6. The van der Waals surface area contributed by atoms with E-state index in [9.17, 15) is 5.21 Å². The maximum absolute atomic E-state index is 12.3. The lowest BCUT2D eigenvalue weighted by atomic mass is 10.00. The van der Waals surface area contributed by atoms with Crippen LogP contribution < -0.4 is 15.7 Å². The second kappa shape index (κ2) is 6.21. The monoisotopic (exact) mass is 321 g/mol. The topological polar surface area (TPSA) is 70.2 Å². The average molecular weight is 321 g/mol. The molecule has 23 heavy (non-hydrogen) atoms. The molecule has 0 aliphatic carbocycles. The molecule has 2 aliphatic heterocycles. The first kappa shape index (κ1) is 16.4. The maximum atomic E-state index is 12.3. The van der Waals surface area contributed by atoms with E-state index in [1.54, 1.807) is 18.3 Å². The van der Waals surface area contributed by atoms with Crippen molar-refractivity contribution in [3.63, 3.8) is 0 Å². The zero-order valence-corrected chi connectivity index (χ0v) is 14.2. The summed E-state index contributed by atoms with van der Waals surface area (Å²) in [6.45, 7) is 7.30. The quantitative estimate of drug-likeness (QED) is 0.874. The minimum absolute atomic E-state index is 0.212. The smallest absolute Gasteiger partial charge is 0.171 e. The number of hydrazine groups is 2. The Balaban J connectivity index is 2.09. The number of fused-ring (bicyclic) bond motifs is 1. The van der Waals surface area contributed by atoms with E-state index in [1.807, 2.05) is 19.1 Å². The summed E-state index contributed by atoms with van der Waals surface area (Å²) < 4.78 is 5.52. The summed E-state index contributed by atoms with van der Waals surface area (Å²) in [6, 6.07) is 3.55. The molecule has 0 bridgehead atoms. The fourth-order valence-electron chi connectivity index (χ4n) is 3.80. The van der Waals surface area contributed by atoms with E-state index in [0.717, 1.165) is 18.3 Å². The van der Waals surface area contributed by atoms with Crippen LogP contribution in [0.1, 0.15) is 13.8 Å². The van der Waals surface area contributed by atoms with Crippen molar-refractivity contribution in [2.24, 2.45) is 5.92 Å². The Morgan fingerprint density at radius 3 is 2.65 bits per heavy atom. The maximum Gasteiger partial charge on any atom is 0.171 e. The van der Waals surface area contributed by atoms with Gasteiger partial charge in [-0.2, -0.15) is 5.53 Å². The van der Waals surface area contributed by atoms with Crippen molar-refractivity contribution < 1.29 is 4.74 Å². The number of nitrogens with zero attached hydrogens (tertiary/aromatic N) is 5. The van der Waals surface area contributed by atoms with Crippen LogP contribution in [0, 0.1) is 11.1 Å². The summed E-state index contributed by atoms with van der Waals surface area (Å²) in [6.07, 6.45) is 1.72. The van der Waals surface area contributed by atoms with Gasteiger partial charge in [0.05, 0.1) is 18.9 Å². The third kappa shape index (κ3) is 2.47. The van der Waals surface area contributed by atoms with Crippen molar-refractivity contribution in [1.29, 1.82) is 0 Å². The molecule has 0 radical (unpaired) electrons. The second-order valence-corrected chi connectivity index (χ2v) is 6.41. The number of hydrogen-bond acceptors (Lipinski definition) is 8. The van der Waals surface area contributed by atoms with Gasteiger partial charge in [-0.05, 0) is 26.2 Å². The molecule has 1 fully saturated rings. The van der Waals surface area contributed by atoms with Gasteiger partial charge in [-0.3, -0.25) is 9.80 Å². The van der Waals surface area contributed by atoms with E-state index in [1.165, 1.54) is 0 Å². The fourth-order valence-corrected chi connectivity index (χ4v) is 3.80. The van der Waals surface area contributed by atoms with Crippen LogP contribution in [0.2, 0.25) is 0 Å². The van der Waals surface area contributed by atoms with E-state index in [4.69, 9.17) is 4.74 Å². The van der Waals surface area contributed by atoms with Crippen molar-refractivity contribution in [1.82, 2.24) is 20.3 Å². The molecule has 0 saturated carbocycles. The molecule has 3 heterocycles. The molecule has 1 saturated heterocycles. The number of hydrogen-bond donors (Lipinski definition) is 1. The number of rotatable bonds is 4. The number of ether oxygens (including phenoxy) is 1. The van der Waals surface area contributed by atoms with Crippen LogP contribution in [0.5, 0.6) is 0 Å². The van der Waals surface area contributed by atoms with Crippen LogP contribution >= 0.6 is 0 Å². The van der Waals surface area contributed by atoms with Gasteiger partial charge in [0.25, 0.3) is 0 Å². The lowest BCUT2D eigenvalue weighted by Crippen LogP contribution is -2.75. The number of morpholine rings is 1. The number of aromatic nitrogens is 1. The highest BCUT2D eigenvalue weighted by molar-refractivity contribution is 5.71. The van der Waals surface area contributed by atoms with Crippen LogP contribution in [0.4, 0.5) is 11.5 Å². The molecule has 8 nitrogen and oxygen atoms in total. The zero-order valence-electron chi connectivity index (χ0n) is 14.2. The van der Waals surface area contributed by atoms with E-state index < -0.39 is 5.79 Å². The van der Waals surface area contributed by atoms with Gasteiger partial charge < -0.3 is 15.1 Å². The first-order chi connectivity index (χ1) is 11.0. The second-order valence-electron chi connectivity index (χ2n) is 6.41. The summed E-state index contributed by atoms with van der Waals surface area (Å²) >= 11 is 0. The van der Waals surface area contributed by atoms with Gasteiger partial charge in [0.2, 0.25) is 0 Å². The van der Waals surface area contributed by atoms with Gasteiger partial charge in [0.1, 0.15) is 0 Å². The molecule has 3 rings (SSSR count). The number of nitrogens with one attached hydrogen (secondary N) is 1. The molecule has 1 aromatic heterocycles. The van der Waals surface area contributed by atoms with Crippen LogP contribution in [0.3, 0.4) is 0 Å². The van der Waals surface area contributed by atoms with Gasteiger partial charge in [0.15, 0.2) is 11.6 Å². The Morgan fingerprint density at radius 1 is 1.35 bits per heavy atom. The van der Waals surface area contributed by atoms with Gasteiger partial charge in [-0.1, -0.05) is 13.8 Å². The SMILES string of the molecule is CC(C)C(N(C)C)(N1CCOCC1)N1NN([O-])c2cccnc21. The standard InChI is InChI=1S/C15H25N6O2/c1-12(2)15(18(3)4,19-8-10-23-11-9-19)20-14-13(21(22)17-20)6-5-7-16-14/h5-7,12,17H,8-11H2,1-4H3/q-1. The Kier molecular flexibility index (Phi) is 4.43. The highest BCUT2D eigenvalue weighted by Crippen LogP contribution is 2.40. The summed E-state index contributed by atoms with van der Waals surface area (Å²) in [5.74, 6) is 0.340. The predicted molar refractivity (Wildman–Crippen MR) is 89.3 cm³/mol. The van der Waals surface area contributed by atoms with Gasteiger partial charge in [0, 0.05) is 25.2 Å². The van der Waals surface area contributed by atoms with Crippen molar-refractivity contribution in [2.45, 2.75) is 19.6 Å². The van der Waals surface area contributed by atoms with Crippen molar-refractivity contribution >= 4 is 11.5 Å². The van der Waals surface area contributed by atoms with Crippen molar-refractivity contribution in [3.8, 4) is 0 Å². The first-order valence-electron chi connectivity index (χ1n) is 7.98. The molecule has 0 amide bonds. The average Bonchev–Trinajstić information content (AvgIpc) is 2.86. The highest BCUT2D eigenvalue weighted by Gasteiger charge is 2.51. The molecule has 1 unspecified atom stereocenters. The molecule has 1 N–H and O–H groups in total. The first-order valence-corrected chi connectivity index (χ1v) is 7.98. The number of anilines is 2. The summed E-state index contributed by atoms with van der Waals surface area (Å²) in [5.41, 5.74) is 3.48. The molecule has 8 heteroatoms. The molecular weight excluding hydrogens is 296 g/mol. The Labute approximate surface area is 137 Å². The Hall–Kier alpha value is -1.45. The molecule has 2 aliphatic rings. The van der Waals surface area contributed by atoms with E-state index in [0.29, 0.717) is 24.7 Å². The minimum Gasteiger partial charge on any atom is -0.742 e. The Morgan fingerprint density at radius 2 is 2.04 bits per heavy atom. The summed E-state index contributed by atoms with van der Waals surface area (Å²) in [5, 5.41) is 15.0. The van der Waals surface area contributed by atoms with Gasteiger partial charge >= 0.3 is 0 Å². The Bertz CT molecular complexity index is 539. The van der Waals surface area contributed by atoms with E-state index in [2.05, 4.69) is 34.2 Å². The van der Waals surface area contributed by atoms with Crippen LogP contribution in [0.25, 0.3) is 0 Å². The largest absolute Gasteiger partial charge is 0.742 e. The molecular formula is C15H25N6O2-. The molecule has 1 aromatic rings. The third-order valence-electron chi connectivity index (χ3n) is 4.63. The van der Waals surface area contributed by atoms with Crippen LogP contribution in [-0.4, -0.2) is 61.0 Å². The fraction of sp³-hybridized carbons (Fsp3) is 0.667. The van der Waals surface area contributed by atoms with Crippen molar-refractivity contribution in [2.75, 3.05) is 50.6 Å². The van der Waals surface area contributed by atoms with Gasteiger partial charge in [-0.25, -0.2) is 9.99 Å². The summed E-state index contributed by atoms with van der Waals surface area (Å²) in [7, 11) is 4.07. The van der Waals surface area contributed by atoms with Crippen LogP contribution in [0.15, 0.2) is 18.3 Å². The van der Waals surface area contributed by atoms with Gasteiger partial charge in [-0.15, -0.1) is 0 Å². The number of pyridine rings is 1. The van der Waals surface area contributed by atoms with E-state index in [-0.39, 0.29) is 5.92 Å². The summed E-state index contributed by atoms with van der Waals surface area (Å²) in [4.78, 5) is 8.95. The molecule has 0 spiro atoms. The molecule has 0 aromatic carbocycles. The molecule has 128 valence electrons. The third-order valence-corrected chi connectivity index (χ3v) is 4.63.